The molecule has 10 heteroatoms. The van der Waals surface area contributed by atoms with Crippen molar-refractivity contribution in [1.29, 1.82) is 0 Å². The Balaban J connectivity index is 1.57. The number of para-hydroxylation sites is 1. The number of rotatable bonds is 6. The second kappa shape index (κ2) is 8.58. The summed E-state index contributed by atoms with van der Waals surface area (Å²) in [6.07, 6.45) is 2.03. The van der Waals surface area contributed by atoms with Crippen LogP contribution in [0.5, 0.6) is 0 Å². The Morgan fingerprint density at radius 1 is 1.21 bits per heavy atom. The number of nitrogens with one attached hydrogen (secondary N) is 1. The summed E-state index contributed by atoms with van der Waals surface area (Å²) in [7, 11) is 0. The number of nitrogens with zero attached hydrogens (tertiary/aromatic N) is 4. The van der Waals surface area contributed by atoms with E-state index in [4.69, 9.17) is 0 Å². The van der Waals surface area contributed by atoms with Crippen LogP contribution in [0.1, 0.15) is 23.2 Å². The molecule has 8 nitrogen and oxygen atoms in total. The maximum absolute atomic E-state index is 12.8. The number of benzene rings is 2. The summed E-state index contributed by atoms with van der Waals surface area (Å²) in [5, 5.41) is 22.3. The predicted octanol–water partition coefficient (Wildman–Crippen LogP) is 4.45. The Bertz CT molecular complexity index is 1040. The van der Waals surface area contributed by atoms with Gasteiger partial charge in [0.15, 0.2) is 4.34 Å². The lowest BCUT2D eigenvalue weighted by Crippen LogP contribution is -2.20. The fourth-order valence-electron chi connectivity index (χ4n) is 3.19. The van der Waals surface area contributed by atoms with Crippen LogP contribution < -0.4 is 10.2 Å². The van der Waals surface area contributed by atoms with Gasteiger partial charge in [-0.15, -0.1) is 10.2 Å². The minimum atomic E-state index is -0.427. The van der Waals surface area contributed by atoms with E-state index in [0.29, 0.717) is 11.4 Å². The molecule has 0 unspecified atom stereocenters. The molecule has 0 radical (unpaired) electrons. The molecule has 1 aromatic heterocycles. The van der Waals surface area contributed by atoms with E-state index in [9.17, 15) is 14.9 Å². The van der Waals surface area contributed by atoms with Gasteiger partial charge in [-0.3, -0.25) is 14.9 Å². The molecule has 1 N–H and O–H groups in total. The van der Waals surface area contributed by atoms with E-state index in [-0.39, 0.29) is 11.3 Å². The number of hydrogen-bond donors (Lipinski definition) is 1. The number of hydrogen-bond acceptors (Lipinski definition) is 8. The van der Waals surface area contributed by atoms with E-state index in [0.717, 1.165) is 35.2 Å². The van der Waals surface area contributed by atoms with Crippen LogP contribution in [0.4, 0.5) is 17.1 Å². The largest absolute Gasteiger partial charge is 0.366 e. The molecular weight excluding hydrogens is 410 g/mol. The lowest BCUT2D eigenvalue weighted by molar-refractivity contribution is -0.384. The van der Waals surface area contributed by atoms with Crippen molar-refractivity contribution in [3.05, 3.63) is 63.7 Å². The second-order valence-electron chi connectivity index (χ2n) is 6.41. The summed E-state index contributed by atoms with van der Waals surface area (Å²) in [6, 6.07) is 12.0. The topological polar surface area (TPSA) is 101 Å². The molecule has 29 heavy (non-hydrogen) atoms. The Hall–Kier alpha value is -2.98. The van der Waals surface area contributed by atoms with E-state index in [1.54, 1.807) is 23.7 Å². The zero-order chi connectivity index (χ0) is 20.2. The van der Waals surface area contributed by atoms with Crippen LogP contribution in [-0.4, -0.2) is 34.1 Å². The molecule has 1 aliphatic rings. The molecule has 148 valence electrons. The van der Waals surface area contributed by atoms with Crippen LogP contribution in [0.3, 0.4) is 0 Å². The zero-order valence-electron chi connectivity index (χ0n) is 15.3. The van der Waals surface area contributed by atoms with Crippen molar-refractivity contribution in [2.75, 3.05) is 23.3 Å². The SMILES string of the molecule is O=C(Nc1ccccc1Sc1nncs1)c1ccc(N2CCCC2)c([N+](=O)[O-])c1. The van der Waals surface area contributed by atoms with Crippen LogP contribution >= 0.6 is 23.1 Å². The van der Waals surface area contributed by atoms with Gasteiger partial charge in [-0.1, -0.05) is 35.2 Å². The molecule has 1 aliphatic heterocycles. The zero-order valence-corrected chi connectivity index (χ0v) is 16.9. The fraction of sp³-hybridized carbons (Fsp3) is 0.211. The van der Waals surface area contributed by atoms with Gasteiger partial charge in [-0.05, 0) is 37.1 Å². The summed E-state index contributed by atoms with van der Waals surface area (Å²) >= 11 is 2.81. The Morgan fingerprint density at radius 2 is 2.00 bits per heavy atom. The first-order valence-corrected chi connectivity index (χ1v) is 10.7. The lowest BCUT2D eigenvalue weighted by Gasteiger charge is -2.18. The van der Waals surface area contributed by atoms with Crippen LogP contribution in [0.25, 0.3) is 0 Å². The Morgan fingerprint density at radius 3 is 2.72 bits per heavy atom. The van der Waals surface area contributed by atoms with Gasteiger partial charge in [0, 0.05) is 29.6 Å². The summed E-state index contributed by atoms with van der Waals surface area (Å²) in [5.41, 5.74) is 3.02. The highest BCUT2D eigenvalue weighted by Gasteiger charge is 2.24. The van der Waals surface area contributed by atoms with Crippen molar-refractivity contribution in [2.24, 2.45) is 0 Å². The number of carbonyl (C=O) groups excluding carboxylic acids is 1. The third-order valence-corrected chi connectivity index (χ3v) is 6.41. The van der Waals surface area contributed by atoms with Crippen LogP contribution in [0.2, 0.25) is 0 Å². The van der Waals surface area contributed by atoms with Gasteiger partial charge < -0.3 is 10.2 Å². The maximum atomic E-state index is 12.8. The Labute approximate surface area is 175 Å². The van der Waals surface area contributed by atoms with Crippen molar-refractivity contribution < 1.29 is 9.72 Å². The summed E-state index contributed by atoms with van der Waals surface area (Å²) < 4.78 is 0.761. The minimum absolute atomic E-state index is 0.0453. The summed E-state index contributed by atoms with van der Waals surface area (Å²) in [4.78, 5) is 26.8. The van der Waals surface area contributed by atoms with E-state index in [1.807, 2.05) is 23.1 Å². The molecule has 0 bridgehead atoms. The van der Waals surface area contributed by atoms with Crippen LogP contribution in [0.15, 0.2) is 57.2 Å². The number of anilines is 2. The van der Waals surface area contributed by atoms with E-state index >= 15 is 0 Å². The van der Waals surface area contributed by atoms with Gasteiger partial charge in [0.1, 0.15) is 11.2 Å². The van der Waals surface area contributed by atoms with Gasteiger partial charge in [0.2, 0.25) is 0 Å². The van der Waals surface area contributed by atoms with E-state index < -0.39 is 10.8 Å². The summed E-state index contributed by atoms with van der Waals surface area (Å²) in [6.45, 7) is 1.59. The monoisotopic (exact) mass is 427 g/mol. The predicted molar refractivity (Wildman–Crippen MR) is 113 cm³/mol. The molecule has 0 aliphatic carbocycles. The van der Waals surface area contributed by atoms with Crippen molar-refractivity contribution in [2.45, 2.75) is 22.1 Å². The van der Waals surface area contributed by atoms with Gasteiger partial charge in [-0.25, -0.2) is 0 Å². The van der Waals surface area contributed by atoms with Gasteiger partial charge in [-0.2, -0.15) is 0 Å². The first kappa shape index (κ1) is 19.3. The lowest BCUT2D eigenvalue weighted by atomic mass is 10.1. The van der Waals surface area contributed by atoms with E-state index in [1.165, 1.54) is 29.2 Å². The highest BCUT2D eigenvalue weighted by atomic mass is 32.2. The third-order valence-electron chi connectivity index (χ3n) is 4.55. The number of amides is 1. The standard InChI is InChI=1S/C19H17N5O3S2/c25-18(21-14-5-1-2-6-17(14)29-19-22-20-12-28-19)13-7-8-15(16(11-13)24(26)27)23-9-3-4-10-23/h1-2,5-8,11-12H,3-4,9-10H2,(H,21,25). The molecule has 2 heterocycles. The quantitative estimate of drug-likeness (QED) is 0.458. The molecule has 0 saturated carbocycles. The highest BCUT2D eigenvalue weighted by Crippen LogP contribution is 2.35. The van der Waals surface area contributed by atoms with Gasteiger partial charge in [0.25, 0.3) is 11.6 Å². The van der Waals surface area contributed by atoms with Crippen molar-refractivity contribution in [3.63, 3.8) is 0 Å². The summed E-state index contributed by atoms with van der Waals surface area (Å²) in [5.74, 6) is -0.397. The Kier molecular flexibility index (Phi) is 5.72. The van der Waals surface area contributed by atoms with Gasteiger partial charge in [0.05, 0.1) is 10.6 Å². The molecule has 1 saturated heterocycles. The highest BCUT2D eigenvalue weighted by molar-refractivity contribution is 8.01. The second-order valence-corrected chi connectivity index (χ2v) is 8.53. The van der Waals surface area contributed by atoms with E-state index in [2.05, 4.69) is 15.5 Å². The third kappa shape index (κ3) is 4.38. The smallest absolute Gasteiger partial charge is 0.293 e. The normalized spacial score (nSPS) is 13.4. The number of aromatic nitrogens is 2. The molecule has 0 spiro atoms. The molecule has 1 amide bonds. The first-order chi connectivity index (χ1) is 14.1. The molecule has 1 fully saturated rings. The van der Waals surface area contributed by atoms with Gasteiger partial charge >= 0.3 is 0 Å². The number of nitro benzene ring substituents is 1. The van der Waals surface area contributed by atoms with Crippen LogP contribution in [0, 0.1) is 10.1 Å². The maximum Gasteiger partial charge on any atom is 0.293 e. The first-order valence-electron chi connectivity index (χ1n) is 8.99. The van der Waals surface area contributed by atoms with Crippen LogP contribution in [-0.2, 0) is 0 Å². The average Bonchev–Trinajstić information content (AvgIpc) is 3.43. The molecule has 3 aromatic rings. The van der Waals surface area contributed by atoms with Crippen molar-refractivity contribution in [1.82, 2.24) is 10.2 Å². The minimum Gasteiger partial charge on any atom is -0.366 e. The molecule has 2 aromatic carbocycles. The molecule has 0 atom stereocenters. The van der Waals surface area contributed by atoms with Crippen molar-refractivity contribution >= 4 is 46.1 Å². The number of nitro groups is 1. The fourth-order valence-corrected chi connectivity index (χ4v) is 4.71. The molecule has 4 rings (SSSR count). The average molecular weight is 428 g/mol. The molecular formula is C19H17N5O3S2. The van der Waals surface area contributed by atoms with Crippen molar-refractivity contribution in [3.8, 4) is 0 Å². The number of carbonyl (C=O) groups is 1.